The van der Waals surface area contributed by atoms with Crippen molar-refractivity contribution in [2.24, 2.45) is 5.41 Å². The molecule has 0 fully saturated rings. The number of methoxy groups -OCH3 is 2. The van der Waals surface area contributed by atoms with Gasteiger partial charge in [-0.15, -0.1) is 0 Å². The third-order valence-corrected chi connectivity index (χ3v) is 3.47. The summed E-state index contributed by atoms with van der Waals surface area (Å²) in [6.07, 6.45) is 0. The molecule has 0 saturated carbocycles. The molecule has 0 atom stereocenters. The van der Waals surface area contributed by atoms with Gasteiger partial charge in [-0.25, -0.2) is 0 Å². The molecule has 0 aliphatic carbocycles. The van der Waals surface area contributed by atoms with E-state index in [1.165, 1.54) is 19.1 Å². The molecule has 6 nitrogen and oxygen atoms in total. The SMILES string of the molecule is COC(=O)C(C)(C)CN1C(=O)C(=O)c2ccc(OC)cc21. The summed E-state index contributed by atoms with van der Waals surface area (Å²) in [4.78, 5) is 37.2. The van der Waals surface area contributed by atoms with Crippen LogP contribution in [0.1, 0.15) is 24.2 Å². The summed E-state index contributed by atoms with van der Waals surface area (Å²) in [5, 5.41) is 0. The molecule has 6 heteroatoms. The number of Topliss-reactive ketones (excluding diaryl/α,β-unsaturated/α-hetero) is 1. The average Bonchev–Trinajstić information content (AvgIpc) is 2.70. The van der Waals surface area contributed by atoms with Crippen LogP contribution in [0.4, 0.5) is 5.69 Å². The van der Waals surface area contributed by atoms with Gasteiger partial charge in [0.1, 0.15) is 5.75 Å². The van der Waals surface area contributed by atoms with E-state index in [1.807, 2.05) is 0 Å². The molecule has 0 radical (unpaired) electrons. The Balaban J connectivity index is 2.40. The number of anilines is 1. The Morgan fingerprint density at radius 1 is 1.24 bits per heavy atom. The van der Waals surface area contributed by atoms with Gasteiger partial charge in [0, 0.05) is 12.6 Å². The number of ketones is 1. The fraction of sp³-hybridized carbons (Fsp3) is 0.400. The summed E-state index contributed by atoms with van der Waals surface area (Å²) in [5.41, 5.74) is -0.141. The normalized spacial score (nSPS) is 14.2. The van der Waals surface area contributed by atoms with Crippen molar-refractivity contribution in [2.75, 3.05) is 25.7 Å². The molecule has 0 N–H and O–H groups in total. The van der Waals surface area contributed by atoms with Crippen molar-refractivity contribution in [1.82, 2.24) is 0 Å². The van der Waals surface area contributed by atoms with Crippen LogP contribution >= 0.6 is 0 Å². The van der Waals surface area contributed by atoms with Crippen LogP contribution < -0.4 is 9.64 Å². The van der Waals surface area contributed by atoms with Crippen molar-refractivity contribution >= 4 is 23.3 Å². The predicted octanol–water partition coefficient (Wildman–Crippen LogP) is 1.42. The summed E-state index contributed by atoms with van der Waals surface area (Å²) in [5.74, 6) is -1.13. The van der Waals surface area contributed by atoms with E-state index in [0.29, 0.717) is 17.0 Å². The molecule has 1 aliphatic heterocycles. The Hall–Kier alpha value is -2.37. The molecule has 2 rings (SSSR count). The van der Waals surface area contributed by atoms with E-state index >= 15 is 0 Å². The summed E-state index contributed by atoms with van der Waals surface area (Å²) in [6.45, 7) is 3.38. The summed E-state index contributed by atoms with van der Waals surface area (Å²) in [7, 11) is 2.79. The van der Waals surface area contributed by atoms with Gasteiger partial charge in [0.25, 0.3) is 11.7 Å². The van der Waals surface area contributed by atoms with Crippen molar-refractivity contribution < 1.29 is 23.9 Å². The lowest BCUT2D eigenvalue weighted by atomic mass is 9.93. The van der Waals surface area contributed by atoms with Crippen molar-refractivity contribution in [1.29, 1.82) is 0 Å². The van der Waals surface area contributed by atoms with E-state index in [0.717, 1.165) is 0 Å². The minimum Gasteiger partial charge on any atom is -0.497 e. The molecular formula is C15H17NO5. The highest BCUT2D eigenvalue weighted by Crippen LogP contribution is 2.34. The highest BCUT2D eigenvalue weighted by Gasteiger charge is 2.41. The van der Waals surface area contributed by atoms with Crippen molar-refractivity contribution in [2.45, 2.75) is 13.8 Å². The second kappa shape index (κ2) is 5.20. The van der Waals surface area contributed by atoms with Crippen LogP contribution in [0.15, 0.2) is 18.2 Å². The number of nitrogens with zero attached hydrogens (tertiary/aromatic N) is 1. The Kier molecular flexibility index (Phi) is 3.72. The third-order valence-electron chi connectivity index (χ3n) is 3.47. The van der Waals surface area contributed by atoms with Crippen molar-refractivity contribution in [3.05, 3.63) is 23.8 Å². The Bertz CT molecular complexity index is 620. The Labute approximate surface area is 122 Å². The number of benzene rings is 1. The van der Waals surface area contributed by atoms with E-state index in [1.54, 1.807) is 32.0 Å². The number of ether oxygens (including phenoxy) is 2. The Morgan fingerprint density at radius 3 is 2.48 bits per heavy atom. The van der Waals surface area contributed by atoms with Gasteiger partial charge in [-0.05, 0) is 26.0 Å². The number of hydrogen-bond donors (Lipinski definition) is 0. The lowest BCUT2D eigenvalue weighted by Gasteiger charge is -2.27. The Morgan fingerprint density at radius 2 is 1.90 bits per heavy atom. The first-order valence-electron chi connectivity index (χ1n) is 6.44. The summed E-state index contributed by atoms with van der Waals surface area (Å²) < 4.78 is 9.85. The van der Waals surface area contributed by atoms with E-state index in [9.17, 15) is 14.4 Å². The van der Waals surface area contributed by atoms with Gasteiger partial charge in [0.15, 0.2) is 0 Å². The van der Waals surface area contributed by atoms with Gasteiger partial charge in [-0.3, -0.25) is 14.4 Å². The molecule has 1 aromatic rings. The number of esters is 1. The van der Waals surface area contributed by atoms with Crippen LogP contribution in [0.5, 0.6) is 5.75 Å². The lowest BCUT2D eigenvalue weighted by molar-refractivity contribution is -0.150. The zero-order valence-corrected chi connectivity index (χ0v) is 12.4. The number of rotatable bonds is 4. The highest BCUT2D eigenvalue weighted by atomic mass is 16.5. The van der Waals surface area contributed by atoms with E-state index < -0.39 is 23.1 Å². The van der Waals surface area contributed by atoms with Crippen LogP contribution in [-0.4, -0.2) is 38.4 Å². The molecule has 1 heterocycles. The fourth-order valence-corrected chi connectivity index (χ4v) is 2.29. The molecule has 0 aromatic heterocycles. The van der Waals surface area contributed by atoms with Gasteiger partial charge < -0.3 is 14.4 Å². The maximum Gasteiger partial charge on any atom is 0.313 e. The smallest absolute Gasteiger partial charge is 0.313 e. The molecule has 0 spiro atoms. The maximum atomic E-state index is 12.1. The topological polar surface area (TPSA) is 72.9 Å². The minimum atomic E-state index is -0.921. The number of carbonyl (C=O) groups is 3. The van der Waals surface area contributed by atoms with E-state index in [4.69, 9.17) is 9.47 Å². The first-order chi connectivity index (χ1) is 9.81. The van der Waals surface area contributed by atoms with Crippen LogP contribution in [-0.2, 0) is 14.3 Å². The molecule has 1 amide bonds. The average molecular weight is 291 g/mol. The first-order valence-corrected chi connectivity index (χ1v) is 6.44. The summed E-state index contributed by atoms with van der Waals surface area (Å²) in [6, 6.07) is 4.80. The summed E-state index contributed by atoms with van der Waals surface area (Å²) >= 11 is 0. The van der Waals surface area contributed by atoms with Crippen LogP contribution in [0.3, 0.4) is 0 Å². The number of hydrogen-bond acceptors (Lipinski definition) is 5. The predicted molar refractivity (Wildman–Crippen MR) is 75.5 cm³/mol. The monoisotopic (exact) mass is 291 g/mol. The fourth-order valence-electron chi connectivity index (χ4n) is 2.29. The second-order valence-corrected chi connectivity index (χ2v) is 5.48. The molecule has 112 valence electrons. The maximum absolute atomic E-state index is 12.1. The molecule has 21 heavy (non-hydrogen) atoms. The van der Waals surface area contributed by atoms with Gasteiger partial charge >= 0.3 is 5.97 Å². The standard InChI is InChI=1S/C15H17NO5/c1-15(2,14(19)21-4)8-16-11-7-9(20-3)5-6-10(11)12(17)13(16)18/h5-7H,8H2,1-4H3. The molecule has 1 aromatic carbocycles. The van der Waals surface area contributed by atoms with Crippen molar-refractivity contribution in [3.8, 4) is 5.75 Å². The largest absolute Gasteiger partial charge is 0.497 e. The zero-order chi connectivity index (χ0) is 15.8. The van der Waals surface area contributed by atoms with Crippen LogP contribution in [0.2, 0.25) is 0 Å². The van der Waals surface area contributed by atoms with Crippen LogP contribution in [0, 0.1) is 5.41 Å². The highest BCUT2D eigenvalue weighted by molar-refractivity contribution is 6.52. The number of fused-ring (bicyclic) bond motifs is 1. The molecule has 0 unspecified atom stereocenters. The van der Waals surface area contributed by atoms with Crippen LogP contribution in [0.25, 0.3) is 0 Å². The molecule has 0 bridgehead atoms. The van der Waals surface area contributed by atoms with E-state index in [2.05, 4.69) is 0 Å². The first kappa shape index (κ1) is 15.0. The molecule has 1 aliphatic rings. The van der Waals surface area contributed by atoms with Gasteiger partial charge in [-0.2, -0.15) is 0 Å². The third kappa shape index (κ3) is 2.49. The van der Waals surface area contributed by atoms with E-state index in [-0.39, 0.29) is 6.54 Å². The lowest BCUT2D eigenvalue weighted by Crippen LogP contribution is -2.42. The van der Waals surface area contributed by atoms with Gasteiger partial charge in [0.05, 0.1) is 30.9 Å². The van der Waals surface area contributed by atoms with Gasteiger partial charge in [-0.1, -0.05) is 0 Å². The van der Waals surface area contributed by atoms with Gasteiger partial charge in [0.2, 0.25) is 0 Å². The quantitative estimate of drug-likeness (QED) is 0.619. The van der Waals surface area contributed by atoms with Crippen molar-refractivity contribution in [3.63, 3.8) is 0 Å². The number of amides is 1. The second-order valence-electron chi connectivity index (χ2n) is 5.48. The molecule has 0 saturated heterocycles. The zero-order valence-electron chi connectivity index (χ0n) is 12.4. The molecular weight excluding hydrogens is 274 g/mol. The number of carbonyl (C=O) groups excluding carboxylic acids is 3. The minimum absolute atomic E-state index is 0.0599.